The molecular weight excluding hydrogens is 240 g/mol. The summed E-state index contributed by atoms with van der Waals surface area (Å²) in [6.07, 6.45) is 6.76. The minimum Gasteiger partial charge on any atom is -0.327 e. The zero-order chi connectivity index (χ0) is 13.0. The quantitative estimate of drug-likeness (QED) is 0.851. The predicted octanol–water partition coefficient (Wildman–Crippen LogP) is 2.97. The molecule has 2 rings (SSSR count). The van der Waals surface area contributed by atoms with Crippen molar-refractivity contribution in [3.63, 3.8) is 0 Å². The van der Waals surface area contributed by atoms with Crippen molar-refractivity contribution in [2.24, 2.45) is 17.6 Å². The molecule has 1 saturated heterocycles. The molecule has 2 fully saturated rings. The molecule has 0 aromatic carbocycles. The van der Waals surface area contributed by atoms with Crippen molar-refractivity contribution >= 4 is 11.8 Å². The van der Waals surface area contributed by atoms with Crippen molar-refractivity contribution in [3.8, 4) is 0 Å². The Morgan fingerprint density at radius 3 is 2.89 bits per heavy atom. The Hall–Kier alpha value is 0.270. The molecule has 0 aromatic rings. The Morgan fingerprint density at radius 1 is 1.33 bits per heavy atom. The second-order valence-corrected chi connectivity index (χ2v) is 7.46. The number of hydrogen-bond acceptors (Lipinski definition) is 3. The third-order valence-electron chi connectivity index (χ3n) is 4.82. The van der Waals surface area contributed by atoms with E-state index in [2.05, 4.69) is 30.5 Å². The molecule has 1 aliphatic carbocycles. The van der Waals surface area contributed by atoms with Crippen LogP contribution in [0, 0.1) is 11.8 Å². The van der Waals surface area contributed by atoms with E-state index < -0.39 is 0 Å². The van der Waals surface area contributed by atoms with Gasteiger partial charge in [0.15, 0.2) is 0 Å². The minimum atomic E-state index is 0.458. The van der Waals surface area contributed by atoms with E-state index in [-0.39, 0.29) is 0 Å². The molecule has 18 heavy (non-hydrogen) atoms. The Balaban J connectivity index is 1.85. The molecule has 0 amide bonds. The molecule has 4 atom stereocenters. The largest absolute Gasteiger partial charge is 0.327 e. The van der Waals surface area contributed by atoms with E-state index >= 15 is 0 Å². The molecule has 0 radical (unpaired) electrons. The smallest absolute Gasteiger partial charge is 0.0158 e. The van der Waals surface area contributed by atoms with Crippen LogP contribution < -0.4 is 5.73 Å². The number of hydrogen-bond donors (Lipinski definition) is 1. The van der Waals surface area contributed by atoms with Crippen molar-refractivity contribution in [1.82, 2.24) is 4.90 Å². The summed E-state index contributed by atoms with van der Waals surface area (Å²) in [6.45, 7) is 7.22. The van der Waals surface area contributed by atoms with E-state index in [1.807, 2.05) is 0 Å². The maximum absolute atomic E-state index is 6.37. The highest BCUT2D eigenvalue weighted by atomic mass is 32.2. The first-order valence-corrected chi connectivity index (χ1v) is 8.93. The SMILES string of the molecule is CCCC1CCC(N)C(CN2CCSCC2C)C1. The van der Waals surface area contributed by atoms with E-state index in [1.54, 1.807) is 0 Å². The first-order valence-electron chi connectivity index (χ1n) is 7.78. The van der Waals surface area contributed by atoms with Gasteiger partial charge < -0.3 is 5.73 Å². The molecule has 2 aliphatic rings. The summed E-state index contributed by atoms with van der Waals surface area (Å²) in [5, 5.41) is 0. The molecule has 0 spiro atoms. The van der Waals surface area contributed by atoms with Crippen LogP contribution in [0.4, 0.5) is 0 Å². The maximum atomic E-state index is 6.37. The average molecular weight is 270 g/mol. The topological polar surface area (TPSA) is 29.3 Å². The summed E-state index contributed by atoms with van der Waals surface area (Å²) in [4.78, 5) is 2.69. The van der Waals surface area contributed by atoms with Crippen LogP contribution in [0.3, 0.4) is 0 Å². The molecule has 0 bridgehead atoms. The number of rotatable bonds is 4. The van der Waals surface area contributed by atoms with Crippen LogP contribution in [-0.4, -0.2) is 41.6 Å². The third kappa shape index (κ3) is 3.88. The summed E-state index contributed by atoms with van der Waals surface area (Å²) in [5.74, 6) is 4.32. The predicted molar refractivity (Wildman–Crippen MR) is 82.1 cm³/mol. The lowest BCUT2D eigenvalue weighted by Gasteiger charge is -2.40. The molecule has 0 aromatic heterocycles. The van der Waals surface area contributed by atoms with Gasteiger partial charge in [0.25, 0.3) is 0 Å². The van der Waals surface area contributed by atoms with Crippen molar-refractivity contribution < 1.29 is 0 Å². The van der Waals surface area contributed by atoms with Crippen molar-refractivity contribution in [2.45, 2.75) is 58.0 Å². The maximum Gasteiger partial charge on any atom is 0.0158 e. The second kappa shape index (κ2) is 7.16. The van der Waals surface area contributed by atoms with Gasteiger partial charge in [-0.2, -0.15) is 11.8 Å². The number of nitrogens with two attached hydrogens (primary N) is 1. The second-order valence-electron chi connectivity index (χ2n) is 6.31. The van der Waals surface area contributed by atoms with Crippen LogP contribution in [-0.2, 0) is 0 Å². The minimum absolute atomic E-state index is 0.458. The molecule has 2 nitrogen and oxygen atoms in total. The zero-order valence-corrected chi connectivity index (χ0v) is 12.9. The molecule has 1 saturated carbocycles. The molecule has 2 N–H and O–H groups in total. The van der Waals surface area contributed by atoms with Gasteiger partial charge in [-0.3, -0.25) is 4.90 Å². The van der Waals surface area contributed by atoms with Gasteiger partial charge in [-0.25, -0.2) is 0 Å². The highest BCUT2D eigenvalue weighted by Crippen LogP contribution is 2.32. The summed E-state index contributed by atoms with van der Waals surface area (Å²) >= 11 is 2.11. The van der Waals surface area contributed by atoms with Crippen LogP contribution in [0.5, 0.6) is 0 Å². The summed E-state index contributed by atoms with van der Waals surface area (Å²) in [5.41, 5.74) is 6.37. The lowest BCUT2D eigenvalue weighted by Crippen LogP contribution is -2.48. The lowest BCUT2D eigenvalue weighted by atomic mass is 9.76. The number of nitrogens with zero attached hydrogens (tertiary/aromatic N) is 1. The van der Waals surface area contributed by atoms with E-state index in [4.69, 9.17) is 5.73 Å². The van der Waals surface area contributed by atoms with Gasteiger partial charge in [-0.1, -0.05) is 19.8 Å². The van der Waals surface area contributed by atoms with E-state index in [9.17, 15) is 0 Å². The highest BCUT2D eigenvalue weighted by molar-refractivity contribution is 7.99. The Labute approximate surface area is 117 Å². The zero-order valence-electron chi connectivity index (χ0n) is 12.1. The summed E-state index contributed by atoms with van der Waals surface area (Å²) in [7, 11) is 0. The van der Waals surface area contributed by atoms with Crippen LogP contribution >= 0.6 is 11.8 Å². The van der Waals surface area contributed by atoms with Crippen LogP contribution in [0.1, 0.15) is 46.0 Å². The molecule has 1 aliphatic heterocycles. The van der Waals surface area contributed by atoms with Gasteiger partial charge >= 0.3 is 0 Å². The Kier molecular flexibility index (Phi) is 5.84. The standard InChI is InChI=1S/C15H30N2S/c1-3-4-13-5-6-15(16)14(9-13)10-17-7-8-18-11-12(17)2/h12-15H,3-11,16H2,1-2H3. The Morgan fingerprint density at radius 2 is 2.17 bits per heavy atom. The fourth-order valence-corrected chi connectivity index (χ4v) is 4.68. The fourth-order valence-electron chi connectivity index (χ4n) is 3.60. The molecule has 4 unspecified atom stereocenters. The molecule has 106 valence electrons. The van der Waals surface area contributed by atoms with Gasteiger partial charge in [0.2, 0.25) is 0 Å². The molecule has 1 heterocycles. The highest BCUT2D eigenvalue weighted by Gasteiger charge is 2.30. The summed E-state index contributed by atoms with van der Waals surface area (Å²) < 4.78 is 0. The monoisotopic (exact) mass is 270 g/mol. The van der Waals surface area contributed by atoms with Gasteiger partial charge in [0.1, 0.15) is 0 Å². The number of thioether (sulfide) groups is 1. The first-order chi connectivity index (χ1) is 8.70. The van der Waals surface area contributed by atoms with Crippen molar-refractivity contribution in [3.05, 3.63) is 0 Å². The van der Waals surface area contributed by atoms with Gasteiger partial charge in [0, 0.05) is 36.7 Å². The fraction of sp³-hybridized carbons (Fsp3) is 1.00. The van der Waals surface area contributed by atoms with Crippen molar-refractivity contribution in [1.29, 1.82) is 0 Å². The molecule has 3 heteroatoms. The average Bonchev–Trinajstić information content (AvgIpc) is 2.36. The normalized spacial score (nSPS) is 38.8. The van der Waals surface area contributed by atoms with Crippen LogP contribution in [0.15, 0.2) is 0 Å². The van der Waals surface area contributed by atoms with Crippen LogP contribution in [0.2, 0.25) is 0 Å². The third-order valence-corrected chi connectivity index (χ3v) is 6.01. The lowest BCUT2D eigenvalue weighted by molar-refractivity contribution is 0.134. The summed E-state index contributed by atoms with van der Waals surface area (Å²) in [6, 6.07) is 1.21. The van der Waals surface area contributed by atoms with Crippen molar-refractivity contribution in [2.75, 3.05) is 24.6 Å². The van der Waals surface area contributed by atoms with Gasteiger partial charge in [0.05, 0.1) is 0 Å². The molecular formula is C15H30N2S. The van der Waals surface area contributed by atoms with Gasteiger partial charge in [-0.05, 0) is 38.0 Å². The van der Waals surface area contributed by atoms with Crippen LogP contribution in [0.25, 0.3) is 0 Å². The first kappa shape index (κ1) is 14.7. The van der Waals surface area contributed by atoms with E-state index in [0.717, 1.165) is 17.9 Å². The van der Waals surface area contributed by atoms with E-state index in [1.165, 1.54) is 56.7 Å². The van der Waals surface area contributed by atoms with E-state index in [0.29, 0.717) is 6.04 Å². The Bertz CT molecular complexity index is 247. The van der Waals surface area contributed by atoms with Gasteiger partial charge in [-0.15, -0.1) is 0 Å².